The summed E-state index contributed by atoms with van der Waals surface area (Å²) in [6, 6.07) is 0.361. The average molecular weight is 330 g/mol. The summed E-state index contributed by atoms with van der Waals surface area (Å²) in [7, 11) is 0. The van der Waals surface area contributed by atoms with Crippen LogP contribution in [0.25, 0.3) is 0 Å². The van der Waals surface area contributed by atoms with Crippen molar-refractivity contribution < 1.29 is 26.7 Å². The molecule has 2 aliphatic rings. The van der Waals surface area contributed by atoms with Gasteiger partial charge in [-0.25, -0.2) is 13.2 Å². The van der Waals surface area contributed by atoms with E-state index in [4.69, 9.17) is 4.74 Å². The summed E-state index contributed by atoms with van der Waals surface area (Å²) in [4.78, 5) is 0. The van der Waals surface area contributed by atoms with Gasteiger partial charge in [0, 0.05) is 12.1 Å². The van der Waals surface area contributed by atoms with E-state index in [2.05, 4.69) is 5.32 Å². The highest BCUT2D eigenvalue weighted by Crippen LogP contribution is 2.34. The van der Waals surface area contributed by atoms with Crippen LogP contribution in [0.2, 0.25) is 0 Å². The Morgan fingerprint density at radius 1 is 0.762 bits per heavy atom. The first-order valence-corrected chi connectivity index (χ1v) is 6.41. The Morgan fingerprint density at radius 2 is 1.19 bits per heavy atom. The Labute approximate surface area is 124 Å². The molecule has 1 aromatic carbocycles. The third kappa shape index (κ3) is 2.81. The first-order chi connectivity index (χ1) is 9.47. The van der Waals surface area contributed by atoms with Crippen LogP contribution in [0, 0.1) is 29.1 Å². The number of benzene rings is 1. The van der Waals surface area contributed by atoms with E-state index < -0.39 is 40.9 Å². The van der Waals surface area contributed by atoms with Crippen molar-refractivity contribution in [1.82, 2.24) is 5.32 Å². The first kappa shape index (κ1) is 16.3. The monoisotopic (exact) mass is 329 g/mol. The Kier molecular flexibility index (Phi) is 4.63. The van der Waals surface area contributed by atoms with E-state index >= 15 is 0 Å². The second-order valence-corrected chi connectivity index (χ2v) is 5.25. The van der Waals surface area contributed by atoms with E-state index in [1.807, 2.05) is 0 Å². The molecule has 2 fully saturated rings. The minimum Gasteiger partial charge on any atom is -0.484 e. The van der Waals surface area contributed by atoms with Gasteiger partial charge < -0.3 is 10.1 Å². The molecular weight excluding hydrogens is 317 g/mol. The number of nitrogens with one attached hydrogen (secondary N) is 1. The van der Waals surface area contributed by atoms with Gasteiger partial charge in [0.2, 0.25) is 29.1 Å². The van der Waals surface area contributed by atoms with Gasteiger partial charge in [0.1, 0.15) is 6.10 Å². The molecule has 2 heterocycles. The maximum absolute atomic E-state index is 13.5. The van der Waals surface area contributed by atoms with Crippen LogP contribution in [0.3, 0.4) is 0 Å². The summed E-state index contributed by atoms with van der Waals surface area (Å²) in [5.41, 5.74) is 0. The van der Waals surface area contributed by atoms with Crippen molar-refractivity contribution in [3.8, 4) is 5.75 Å². The normalized spacial score (nSPS) is 27.4. The minimum atomic E-state index is -2.17. The summed E-state index contributed by atoms with van der Waals surface area (Å²) in [5.74, 6) is -11.1. The standard InChI is InChI=1S/C13H12F5NO.ClH/c14-8-9(15)11(17)13(12(18)10(8)16)20-7-3-5-1-2-6(4-7)19-5;/h5-7,19H,1-4H2;1H/t5-,6+,7+;. The lowest BCUT2D eigenvalue weighted by Crippen LogP contribution is -2.42. The van der Waals surface area contributed by atoms with Gasteiger partial charge in [-0.3, -0.25) is 0 Å². The molecule has 1 N–H and O–H groups in total. The SMILES string of the molecule is Cl.Fc1c(F)c(F)c(O[C@H]2C[C@H]3CC[C@@H](C2)N3)c(F)c1F. The predicted octanol–water partition coefficient (Wildman–Crippen LogP) is 3.47. The van der Waals surface area contributed by atoms with Gasteiger partial charge in [0.05, 0.1) is 0 Å². The smallest absolute Gasteiger partial charge is 0.207 e. The summed E-state index contributed by atoms with van der Waals surface area (Å²) >= 11 is 0. The number of rotatable bonds is 2. The molecule has 0 saturated carbocycles. The maximum atomic E-state index is 13.5. The molecular formula is C13H13ClF5NO. The van der Waals surface area contributed by atoms with Crippen molar-refractivity contribution >= 4 is 12.4 Å². The number of hydrogen-bond donors (Lipinski definition) is 1. The second-order valence-electron chi connectivity index (χ2n) is 5.25. The molecule has 0 radical (unpaired) electrons. The van der Waals surface area contributed by atoms with E-state index in [0.717, 1.165) is 12.8 Å². The van der Waals surface area contributed by atoms with E-state index in [9.17, 15) is 22.0 Å². The predicted molar refractivity (Wildman–Crippen MR) is 67.1 cm³/mol. The lowest BCUT2D eigenvalue weighted by Gasteiger charge is -2.29. The third-order valence-electron chi connectivity index (χ3n) is 3.88. The van der Waals surface area contributed by atoms with Crippen LogP contribution in [0.4, 0.5) is 22.0 Å². The van der Waals surface area contributed by atoms with Gasteiger partial charge in [-0.05, 0) is 25.7 Å². The molecule has 1 aromatic rings. The largest absolute Gasteiger partial charge is 0.484 e. The van der Waals surface area contributed by atoms with Crippen LogP contribution < -0.4 is 10.1 Å². The molecule has 2 aliphatic heterocycles. The average Bonchev–Trinajstić information content (AvgIpc) is 2.78. The van der Waals surface area contributed by atoms with Crippen LogP contribution in [-0.4, -0.2) is 18.2 Å². The van der Waals surface area contributed by atoms with E-state index in [1.165, 1.54) is 0 Å². The number of fused-ring (bicyclic) bond motifs is 2. The maximum Gasteiger partial charge on any atom is 0.207 e. The molecule has 0 aromatic heterocycles. The number of piperidine rings is 1. The van der Waals surface area contributed by atoms with Crippen molar-refractivity contribution in [3.63, 3.8) is 0 Å². The Balaban J connectivity index is 0.00000161. The van der Waals surface area contributed by atoms with Crippen LogP contribution in [0.15, 0.2) is 0 Å². The molecule has 2 nitrogen and oxygen atoms in total. The molecule has 0 aliphatic carbocycles. The Hall–Kier alpha value is -1.08. The van der Waals surface area contributed by atoms with Gasteiger partial charge in [0.15, 0.2) is 5.75 Å². The molecule has 3 atom stereocenters. The molecule has 2 bridgehead atoms. The second kappa shape index (κ2) is 5.96. The molecule has 118 valence electrons. The zero-order valence-electron chi connectivity index (χ0n) is 10.8. The molecule has 8 heteroatoms. The van der Waals surface area contributed by atoms with Crippen molar-refractivity contribution in [2.75, 3.05) is 0 Å². The number of ether oxygens (including phenoxy) is 1. The molecule has 2 saturated heterocycles. The van der Waals surface area contributed by atoms with Gasteiger partial charge in [-0.2, -0.15) is 8.78 Å². The number of halogens is 6. The molecule has 0 spiro atoms. The topological polar surface area (TPSA) is 21.3 Å². The summed E-state index contributed by atoms with van der Waals surface area (Å²) in [5, 5.41) is 3.29. The lowest BCUT2D eigenvalue weighted by molar-refractivity contribution is 0.122. The van der Waals surface area contributed by atoms with Crippen molar-refractivity contribution in [2.45, 2.75) is 43.9 Å². The van der Waals surface area contributed by atoms with Crippen molar-refractivity contribution in [2.24, 2.45) is 0 Å². The van der Waals surface area contributed by atoms with Crippen LogP contribution in [0.5, 0.6) is 5.75 Å². The summed E-state index contributed by atoms with van der Waals surface area (Å²) in [6.07, 6.45) is 2.32. The first-order valence-electron chi connectivity index (χ1n) is 6.41. The molecule has 3 rings (SSSR count). The lowest BCUT2D eigenvalue weighted by atomic mass is 10.0. The van der Waals surface area contributed by atoms with E-state index in [0.29, 0.717) is 12.8 Å². The zero-order chi connectivity index (χ0) is 14.4. The van der Waals surface area contributed by atoms with E-state index in [-0.39, 0.29) is 24.5 Å². The highest BCUT2D eigenvalue weighted by Gasteiger charge is 2.36. The fraction of sp³-hybridized carbons (Fsp3) is 0.538. The highest BCUT2D eigenvalue weighted by molar-refractivity contribution is 5.85. The number of hydrogen-bond acceptors (Lipinski definition) is 2. The summed E-state index contributed by atoms with van der Waals surface area (Å²) in [6.45, 7) is 0. The quantitative estimate of drug-likeness (QED) is 0.510. The highest BCUT2D eigenvalue weighted by atomic mass is 35.5. The van der Waals surface area contributed by atoms with E-state index in [1.54, 1.807) is 0 Å². The minimum absolute atomic E-state index is 0. The van der Waals surface area contributed by atoms with Crippen LogP contribution in [0.1, 0.15) is 25.7 Å². The fourth-order valence-electron chi connectivity index (χ4n) is 2.96. The molecule has 0 unspecified atom stereocenters. The Morgan fingerprint density at radius 3 is 1.67 bits per heavy atom. The molecule has 0 amide bonds. The Bertz CT molecular complexity index is 515. The van der Waals surface area contributed by atoms with Crippen LogP contribution in [-0.2, 0) is 0 Å². The van der Waals surface area contributed by atoms with Crippen LogP contribution >= 0.6 is 12.4 Å². The third-order valence-corrected chi connectivity index (χ3v) is 3.88. The van der Waals surface area contributed by atoms with Gasteiger partial charge >= 0.3 is 0 Å². The zero-order valence-corrected chi connectivity index (χ0v) is 11.6. The summed E-state index contributed by atoms with van der Waals surface area (Å²) < 4.78 is 71.1. The van der Waals surface area contributed by atoms with Crippen molar-refractivity contribution in [3.05, 3.63) is 29.1 Å². The van der Waals surface area contributed by atoms with Gasteiger partial charge in [0.25, 0.3) is 0 Å². The molecule has 21 heavy (non-hydrogen) atoms. The van der Waals surface area contributed by atoms with Gasteiger partial charge in [-0.15, -0.1) is 12.4 Å². The van der Waals surface area contributed by atoms with Gasteiger partial charge in [-0.1, -0.05) is 0 Å². The van der Waals surface area contributed by atoms with Crippen molar-refractivity contribution in [1.29, 1.82) is 0 Å². The fourth-order valence-corrected chi connectivity index (χ4v) is 2.96.